The molecule has 2 aromatic rings. The van der Waals surface area contributed by atoms with Crippen LogP contribution in [-0.2, 0) is 21.5 Å². The molecule has 4 amide bonds. The summed E-state index contributed by atoms with van der Waals surface area (Å²) in [5.74, 6) is -0.618. The van der Waals surface area contributed by atoms with Crippen molar-refractivity contribution in [3.8, 4) is 0 Å². The van der Waals surface area contributed by atoms with Crippen LogP contribution in [0.5, 0.6) is 0 Å². The summed E-state index contributed by atoms with van der Waals surface area (Å²) < 4.78 is 0. The molecular formula is C26H29N3O3. The van der Waals surface area contributed by atoms with Gasteiger partial charge in [0.1, 0.15) is 6.54 Å². The van der Waals surface area contributed by atoms with Crippen molar-refractivity contribution < 1.29 is 14.4 Å². The second-order valence-electron chi connectivity index (χ2n) is 8.33. The molecule has 0 bridgehead atoms. The van der Waals surface area contributed by atoms with Crippen molar-refractivity contribution in [3.05, 3.63) is 83.6 Å². The third kappa shape index (κ3) is 4.17. The van der Waals surface area contributed by atoms with E-state index in [4.69, 9.17) is 0 Å². The normalized spacial score (nSPS) is 20.7. The van der Waals surface area contributed by atoms with Crippen LogP contribution in [0.4, 0.5) is 4.79 Å². The van der Waals surface area contributed by atoms with Crippen molar-refractivity contribution in [2.45, 2.75) is 44.6 Å². The fourth-order valence-electron chi connectivity index (χ4n) is 4.64. The number of benzene rings is 2. The van der Waals surface area contributed by atoms with Crippen LogP contribution in [0.1, 0.15) is 43.7 Å². The van der Waals surface area contributed by atoms with E-state index in [0.717, 1.165) is 41.8 Å². The van der Waals surface area contributed by atoms with Gasteiger partial charge in [-0.1, -0.05) is 66.7 Å². The predicted molar refractivity (Wildman–Crippen MR) is 122 cm³/mol. The zero-order valence-corrected chi connectivity index (χ0v) is 18.4. The third-order valence-electron chi connectivity index (χ3n) is 6.28. The molecule has 1 N–H and O–H groups in total. The summed E-state index contributed by atoms with van der Waals surface area (Å²) in [6, 6.07) is 18.3. The fraction of sp³-hybridized carbons (Fsp3) is 0.346. The largest absolute Gasteiger partial charge is 0.325 e. The van der Waals surface area contributed by atoms with Crippen LogP contribution in [-0.4, -0.2) is 40.7 Å². The molecule has 6 nitrogen and oxygen atoms in total. The Morgan fingerprint density at radius 3 is 2.34 bits per heavy atom. The minimum Gasteiger partial charge on any atom is -0.319 e. The van der Waals surface area contributed by atoms with Crippen LogP contribution in [0.15, 0.2) is 72.4 Å². The minimum atomic E-state index is -1.23. The first-order chi connectivity index (χ1) is 15.5. The van der Waals surface area contributed by atoms with Gasteiger partial charge in [-0.2, -0.15) is 0 Å². The second kappa shape index (κ2) is 9.39. The summed E-state index contributed by atoms with van der Waals surface area (Å²) in [6.07, 6.45) is 6.39. The number of rotatable bonds is 7. The van der Waals surface area contributed by atoms with Gasteiger partial charge in [0, 0.05) is 18.7 Å². The summed E-state index contributed by atoms with van der Waals surface area (Å²) in [4.78, 5) is 42.6. The van der Waals surface area contributed by atoms with Crippen molar-refractivity contribution in [3.63, 3.8) is 0 Å². The van der Waals surface area contributed by atoms with Gasteiger partial charge in [-0.15, -0.1) is 0 Å². The average molecular weight is 432 g/mol. The molecule has 1 heterocycles. The van der Waals surface area contributed by atoms with Gasteiger partial charge in [-0.3, -0.25) is 14.5 Å². The molecule has 0 radical (unpaired) electrons. The highest BCUT2D eigenvalue weighted by molar-refractivity contribution is 6.09. The van der Waals surface area contributed by atoms with Crippen LogP contribution in [0.25, 0.3) is 0 Å². The maximum absolute atomic E-state index is 13.7. The van der Waals surface area contributed by atoms with E-state index in [2.05, 4.69) is 11.4 Å². The average Bonchev–Trinajstić information content (AvgIpc) is 3.06. The number of hydrogen-bond acceptors (Lipinski definition) is 3. The lowest BCUT2D eigenvalue weighted by atomic mass is 9.83. The van der Waals surface area contributed by atoms with Crippen LogP contribution in [0.2, 0.25) is 0 Å². The maximum atomic E-state index is 13.7. The van der Waals surface area contributed by atoms with Crippen LogP contribution >= 0.6 is 0 Å². The molecule has 1 saturated heterocycles. The summed E-state index contributed by atoms with van der Waals surface area (Å²) in [7, 11) is 0. The Hall–Kier alpha value is -3.41. The predicted octanol–water partition coefficient (Wildman–Crippen LogP) is 3.98. The first-order valence-corrected chi connectivity index (χ1v) is 11.3. The van der Waals surface area contributed by atoms with Crippen molar-refractivity contribution in [2.75, 3.05) is 13.1 Å². The number of carbonyl (C=O) groups is 3. The molecule has 0 spiro atoms. The molecule has 1 atom stereocenters. The SMILES string of the molecule is CCN(C(=O)CN1C(=O)NC(Cc2ccccc2)(c2ccccc2)C1=O)C1=CCCCC1. The molecule has 166 valence electrons. The lowest BCUT2D eigenvalue weighted by Crippen LogP contribution is -2.47. The maximum Gasteiger partial charge on any atom is 0.325 e. The summed E-state index contributed by atoms with van der Waals surface area (Å²) in [5.41, 5.74) is 1.40. The van der Waals surface area contributed by atoms with Gasteiger partial charge in [0.05, 0.1) is 0 Å². The molecule has 0 saturated carbocycles. The number of imide groups is 1. The highest BCUT2D eigenvalue weighted by atomic mass is 16.2. The zero-order valence-electron chi connectivity index (χ0n) is 18.4. The first kappa shape index (κ1) is 21.8. The van der Waals surface area contributed by atoms with Gasteiger partial charge in [-0.05, 0) is 43.7 Å². The van der Waals surface area contributed by atoms with Gasteiger partial charge in [0.2, 0.25) is 5.91 Å². The molecule has 1 unspecified atom stereocenters. The quantitative estimate of drug-likeness (QED) is 0.674. The number of nitrogens with zero attached hydrogens (tertiary/aromatic N) is 2. The van der Waals surface area contributed by atoms with Gasteiger partial charge < -0.3 is 10.2 Å². The fourth-order valence-corrected chi connectivity index (χ4v) is 4.64. The van der Waals surface area contributed by atoms with E-state index in [1.807, 2.05) is 67.6 Å². The van der Waals surface area contributed by atoms with Gasteiger partial charge in [0.25, 0.3) is 5.91 Å². The number of carbonyl (C=O) groups excluding carboxylic acids is 3. The van der Waals surface area contributed by atoms with E-state index >= 15 is 0 Å². The van der Waals surface area contributed by atoms with Crippen LogP contribution in [0.3, 0.4) is 0 Å². The molecule has 2 aromatic carbocycles. The molecule has 1 aliphatic heterocycles. The van der Waals surface area contributed by atoms with Crippen LogP contribution in [0, 0.1) is 0 Å². The summed E-state index contributed by atoms with van der Waals surface area (Å²) >= 11 is 0. The molecular weight excluding hydrogens is 402 g/mol. The number of urea groups is 1. The standard InChI is InChI=1S/C26H29N3O3/c1-2-28(22-16-10-5-11-17-22)23(30)19-29-24(31)26(27-25(29)32,21-14-8-4-9-15-21)18-20-12-6-3-7-13-20/h3-4,6-9,12-16H,2,5,10-11,17-19H2,1H3,(H,27,32). The van der Waals surface area contributed by atoms with Crippen molar-refractivity contribution in [1.82, 2.24) is 15.1 Å². The van der Waals surface area contributed by atoms with Crippen molar-refractivity contribution in [2.24, 2.45) is 0 Å². The Kier molecular flexibility index (Phi) is 6.40. The number of nitrogens with one attached hydrogen (secondary N) is 1. The number of amides is 4. The Morgan fingerprint density at radius 1 is 1.03 bits per heavy atom. The van der Waals surface area contributed by atoms with Gasteiger partial charge in [0.15, 0.2) is 5.54 Å². The van der Waals surface area contributed by atoms with E-state index in [1.165, 1.54) is 0 Å². The van der Waals surface area contributed by atoms with Crippen molar-refractivity contribution in [1.29, 1.82) is 0 Å². The molecule has 32 heavy (non-hydrogen) atoms. The van der Waals surface area contributed by atoms with E-state index in [9.17, 15) is 14.4 Å². The molecule has 4 rings (SSSR count). The number of hydrogen-bond donors (Lipinski definition) is 1. The zero-order chi connectivity index (χ0) is 22.6. The van der Waals surface area contributed by atoms with E-state index in [-0.39, 0.29) is 18.4 Å². The minimum absolute atomic E-state index is 0.229. The van der Waals surface area contributed by atoms with Gasteiger partial charge >= 0.3 is 6.03 Å². The lowest BCUT2D eigenvalue weighted by molar-refractivity contribution is -0.138. The lowest BCUT2D eigenvalue weighted by Gasteiger charge is -2.29. The van der Waals surface area contributed by atoms with E-state index in [1.54, 1.807) is 4.90 Å². The smallest absolute Gasteiger partial charge is 0.319 e. The molecule has 6 heteroatoms. The molecule has 1 aliphatic carbocycles. The molecule has 2 aliphatic rings. The summed E-state index contributed by atoms with van der Waals surface area (Å²) in [5, 5.41) is 2.93. The van der Waals surface area contributed by atoms with E-state index in [0.29, 0.717) is 18.5 Å². The Labute approximate surface area is 188 Å². The molecule has 0 aromatic heterocycles. The molecule has 1 fully saturated rings. The highest BCUT2D eigenvalue weighted by Gasteiger charge is 2.53. The monoisotopic (exact) mass is 431 g/mol. The number of likely N-dealkylation sites (N-methyl/N-ethyl adjacent to an activating group) is 1. The first-order valence-electron chi connectivity index (χ1n) is 11.3. The Bertz CT molecular complexity index is 1020. The second-order valence-corrected chi connectivity index (χ2v) is 8.33. The Morgan fingerprint density at radius 2 is 1.72 bits per heavy atom. The number of allylic oxidation sites excluding steroid dienone is 2. The Balaban J connectivity index is 1.62. The van der Waals surface area contributed by atoms with E-state index < -0.39 is 11.6 Å². The van der Waals surface area contributed by atoms with Crippen molar-refractivity contribution >= 4 is 17.8 Å². The van der Waals surface area contributed by atoms with Crippen LogP contribution < -0.4 is 5.32 Å². The summed E-state index contributed by atoms with van der Waals surface area (Å²) in [6.45, 7) is 2.17. The van der Waals surface area contributed by atoms with Gasteiger partial charge in [-0.25, -0.2) is 4.79 Å². The third-order valence-corrected chi connectivity index (χ3v) is 6.28. The topological polar surface area (TPSA) is 69.7 Å². The highest BCUT2D eigenvalue weighted by Crippen LogP contribution is 2.33.